The van der Waals surface area contributed by atoms with Gasteiger partial charge in [0.15, 0.2) is 5.78 Å². The fourth-order valence-electron chi connectivity index (χ4n) is 1.27. The number of rotatable bonds is 2. The minimum atomic E-state index is 0.0806. The van der Waals surface area contributed by atoms with Crippen molar-refractivity contribution < 1.29 is 4.79 Å². The molecule has 2 N–H and O–H groups in total. The van der Waals surface area contributed by atoms with Crippen LogP contribution >= 0.6 is 0 Å². The maximum absolute atomic E-state index is 11.0. The number of aromatic nitrogens is 2. The summed E-state index contributed by atoms with van der Waals surface area (Å²) in [6.45, 7) is 1.56. The molecule has 4 heteroatoms. The van der Waals surface area contributed by atoms with Crippen molar-refractivity contribution >= 4 is 5.78 Å². The predicted octanol–water partition coefficient (Wildman–Crippen LogP) is 1.65. The zero-order valence-electron chi connectivity index (χ0n) is 9.42. The Kier molecular flexibility index (Phi) is 4.42. The fraction of sp³-hybridized carbons (Fsp3) is 0.167. The maximum Gasteiger partial charge on any atom is 0.159 e. The highest BCUT2D eigenvalue weighted by Gasteiger charge is 1.99. The molecule has 0 saturated carbocycles. The summed E-state index contributed by atoms with van der Waals surface area (Å²) in [6.07, 6.45) is 3.58. The highest BCUT2D eigenvalue weighted by Crippen LogP contribution is 2.08. The Morgan fingerprint density at radius 1 is 1.25 bits per heavy atom. The van der Waals surface area contributed by atoms with Crippen LogP contribution in [0.2, 0.25) is 0 Å². The summed E-state index contributed by atoms with van der Waals surface area (Å²) in [4.78, 5) is 11.0. The van der Waals surface area contributed by atoms with Gasteiger partial charge in [-0.15, -0.1) is 0 Å². The molecule has 4 nitrogen and oxygen atoms in total. The van der Waals surface area contributed by atoms with E-state index < -0.39 is 0 Å². The Morgan fingerprint density at radius 2 is 1.88 bits per heavy atom. The number of carbonyl (C=O) groups excluding carboxylic acids is 1. The second-order valence-corrected chi connectivity index (χ2v) is 3.05. The van der Waals surface area contributed by atoms with Gasteiger partial charge in [0, 0.05) is 18.0 Å². The summed E-state index contributed by atoms with van der Waals surface area (Å²) >= 11 is 0. The Bertz CT molecular complexity index is 432. The Morgan fingerprint density at radius 3 is 2.31 bits per heavy atom. The first-order valence-electron chi connectivity index (χ1n) is 4.96. The third-order valence-corrected chi connectivity index (χ3v) is 2.04. The zero-order chi connectivity index (χ0) is 12.0. The SMILES string of the molecule is CC(=O)c1ccc(-n2cccn2)cc1.CN. The number of ketones is 1. The van der Waals surface area contributed by atoms with E-state index in [0.29, 0.717) is 0 Å². The summed E-state index contributed by atoms with van der Waals surface area (Å²) in [6, 6.07) is 9.23. The van der Waals surface area contributed by atoms with Crippen LogP contribution in [0.1, 0.15) is 17.3 Å². The van der Waals surface area contributed by atoms with E-state index in [9.17, 15) is 4.79 Å². The average Bonchev–Trinajstić information content (AvgIpc) is 2.85. The van der Waals surface area contributed by atoms with Gasteiger partial charge in [-0.2, -0.15) is 5.10 Å². The number of carbonyl (C=O) groups is 1. The third kappa shape index (κ3) is 2.77. The van der Waals surface area contributed by atoms with Gasteiger partial charge in [-0.25, -0.2) is 4.68 Å². The highest BCUT2D eigenvalue weighted by atomic mass is 16.1. The molecule has 2 aromatic rings. The van der Waals surface area contributed by atoms with Crippen LogP contribution in [-0.2, 0) is 0 Å². The molecule has 84 valence electrons. The lowest BCUT2D eigenvalue weighted by molar-refractivity contribution is 0.101. The van der Waals surface area contributed by atoms with E-state index in [1.807, 2.05) is 24.4 Å². The van der Waals surface area contributed by atoms with E-state index in [0.717, 1.165) is 11.3 Å². The van der Waals surface area contributed by atoms with Crippen LogP contribution < -0.4 is 5.73 Å². The van der Waals surface area contributed by atoms with Crippen molar-refractivity contribution in [1.82, 2.24) is 9.78 Å². The topological polar surface area (TPSA) is 60.9 Å². The van der Waals surface area contributed by atoms with Gasteiger partial charge in [-0.1, -0.05) is 0 Å². The summed E-state index contributed by atoms with van der Waals surface area (Å²) in [5.41, 5.74) is 6.18. The van der Waals surface area contributed by atoms with Crippen molar-refractivity contribution in [2.45, 2.75) is 6.92 Å². The molecular formula is C12H15N3O. The van der Waals surface area contributed by atoms with Gasteiger partial charge in [0.25, 0.3) is 0 Å². The first-order valence-corrected chi connectivity index (χ1v) is 4.96. The molecule has 0 aliphatic rings. The van der Waals surface area contributed by atoms with Crippen LogP contribution in [0.25, 0.3) is 5.69 Å². The van der Waals surface area contributed by atoms with Gasteiger partial charge in [0.2, 0.25) is 0 Å². The lowest BCUT2D eigenvalue weighted by Crippen LogP contribution is -1.96. The maximum atomic E-state index is 11.0. The monoisotopic (exact) mass is 217 g/mol. The molecule has 0 spiro atoms. The van der Waals surface area contributed by atoms with E-state index in [1.54, 1.807) is 29.9 Å². The summed E-state index contributed by atoms with van der Waals surface area (Å²) in [5.74, 6) is 0.0806. The minimum Gasteiger partial charge on any atom is -0.333 e. The van der Waals surface area contributed by atoms with Gasteiger partial charge >= 0.3 is 0 Å². The van der Waals surface area contributed by atoms with Crippen molar-refractivity contribution in [3.05, 3.63) is 48.3 Å². The molecular weight excluding hydrogens is 202 g/mol. The van der Waals surface area contributed by atoms with Gasteiger partial charge < -0.3 is 5.73 Å². The molecule has 0 aliphatic heterocycles. The first-order chi connectivity index (χ1) is 7.77. The molecule has 1 aromatic carbocycles. The average molecular weight is 217 g/mol. The van der Waals surface area contributed by atoms with Crippen LogP contribution in [0.4, 0.5) is 0 Å². The van der Waals surface area contributed by atoms with Crippen LogP contribution in [0.15, 0.2) is 42.7 Å². The van der Waals surface area contributed by atoms with E-state index in [2.05, 4.69) is 10.8 Å². The number of Topliss-reactive ketones (excluding diaryl/α,β-unsaturated/α-hetero) is 1. The second kappa shape index (κ2) is 5.82. The molecule has 16 heavy (non-hydrogen) atoms. The van der Waals surface area contributed by atoms with Crippen molar-refractivity contribution in [3.8, 4) is 5.69 Å². The van der Waals surface area contributed by atoms with Crippen molar-refractivity contribution in [1.29, 1.82) is 0 Å². The van der Waals surface area contributed by atoms with Crippen LogP contribution in [0.5, 0.6) is 0 Å². The van der Waals surface area contributed by atoms with E-state index in [1.165, 1.54) is 7.05 Å². The van der Waals surface area contributed by atoms with Crippen LogP contribution in [-0.4, -0.2) is 22.6 Å². The van der Waals surface area contributed by atoms with Gasteiger partial charge in [-0.05, 0) is 44.3 Å². The molecule has 1 heterocycles. The van der Waals surface area contributed by atoms with Crippen molar-refractivity contribution in [3.63, 3.8) is 0 Å². The van der Waals surface area contributed by atoms with Crippen molar-refractivity contribution in [2.75, 3.05) is 7.05 Å². The Balaban J connectivity index is 0.000000606. The summed E-state index contributed by atoms with van der Waals surface area (Å²) in [5, 5.41) is 4.09. The quantitative estimate of drug-likeness (QED) is 0.778. The Labute approximate surface area is 94.7 Å². The zero-order valence-corrected chi connectivity index (χ0v) is 9.42. The lowest BCUT2D eigenvalue weighted by atomic mass is 10.1. The lowest BCUT2D eigenvalue weighted by Gasteiger charge is -2.01. The van der Waals surface area contributed by atoms with Gasteiger partial charge in [0.1, 0.15) is 0 Å². The van der Waals surface area contributed by atoms with Crippen LogP contribution in [0.3, 0.4) is 0 Å². The molecule has 0 radical (unpaired) electrons. The highest BCUT2D eigenvalue weighted by molar-refractivity contribution is 5.94. The molecule has 0 amide bonds. The Hall–Kier alpha value is -1.94. The minimum absolute atomic E-state index is 0.0806. The van der Waals surface area contributed by atoms with Crippen molar-refractivity contribution in [2.24, 2.45) is 5.73 Å². The fourth-order valence-corrected chi connectivity index (χ4v) is 1.27. The largest absolute Gasteiger partial charge is 0.333 e. The van der Waals surface area contributed by atoms with E-state index in [-0.39, 0.29) is 5.78 Å². The smallest absolute Gasteiger partial charge is 0.159 e. The predicted molar refractivity (Wildman–Crippen MR) is 63.7 cm³/mol. The molecule has 0 saturated heterocycles. The molecule has 0 fully saturated rings. The second-order valence-electron chi connectivity index (χ2n) is 3.05. The number of benzene rings is 1. The standard InChI is InChI=1S/C11H10N2O.CH5N/c1-9(14)10-3-5-11(6-4-10)13-8-2-7-12-13;1-2/h2-8H,1H3;2H2,1H3. The number of nitrogens with two attached hydrogens (primary N) is 1. The first kappa shape index (κ1) is 12.1. The van der Waals surface area contributed by atoms with E-state index in [4.69, 9.17) is 0 Å². The van der Waals surface area contributed by atoms with E-state index >= 15 is 0 Å². The molecule has 0 unspecified atom stereocenters. The third-order valence-electron chi connectivity index (χ3n) is 2.04. The molecule has 0 atom stereocenters. The number of nitrogens with zero attached hydrogens (tertiary/aromatic N) is 2. The summed E-state index contributed by atoms with van der Waals surface area (Å²) in [7, 11) is 1.50. The van der Waals surface area contributed by atoms with Gasteiger partial charge in [0.05, 0.1) is 5.69 Å². The molecule has 0 aliphatic carbocycles. The summed E-state index contributed by atoms with van der Waals surface area (Å²) < 4.78 is 1.75. The molecule has 0 bridgehead atoms. The number of hydrogen-bond donors (Lipinski definition) is 1. The molecule has 1 aromatic heterocycles. The normalized spacial score (nSPS) is 9.19. The van der Waals surface area contributed by atoms with Gasteiger partial charge in [-0.3, -0.25) is 4.79 Å². The molecule has 2 rings (SSSR count). The number of hydrogen-bond acceptors (Lipinski definition) is 3. The van der Waals surface area contributed by atoms with Crippen LogP contribution in [0, 0.1) is 0 Å².